The lowest BCUT2D eigenvalue weighted by atomic mass is 10.1. The van der Waals surface area contributed by atoms with E-state index in [-0.39, 0.29) is 6.67 Å². The smallest absolute Gasteiger partial charge is 0.132 e. The van der Waals surface area contributed by atoms with Crippen LogP contribution in [0.25, 0.3) is 0 Å². The predicted octanol–water partition coefficient (Wildman–Crippen LogP) is 3.03. The number of pyridine rings is 1. The van der Waals surface area contributed by atoms with E-state index in [9.17, 15) is 4.39 Å². The molecule has 0 aliphatic heterocycles. The number of hydrogen-bond acceptors (Lipinski definition) is 1. The highest BCUT2D eigenvalue weighted by Gasteiger charge is 1.98. The van der Waals surface area contributed by atoms with Gasteiger partial charge in [0, 0.05) is 6.20 Å². The van der Waals surface area contributed by atoms with E-state index in [1.165, 1.54) is 0 Å². The Morgan fingerprint density at radius 3 is 2.92 bits per heavy atom. The van der Waals surface area contributed by atoms with Gasteiger partial charge in [-0.05, 0) is 30.9 Å². The van der Waals surface area contributed by atoms with Gasteiger partial charge in [-0.1, -0.05) is 17.7 Å². The molecule has 0 bridgehead atoms. The van der Waals surface area contributed by atoms with Crippen molar-refractivity contribution < 1.29 is 4.39 Å². The molecular formula is C9H11ClFN. The molecule has 0 aliphatic carbocycles. The van der Waals surface area contributed by atoms with Crippen LogP contribution in [0.3, 0.4) is 0 Å². The fourth-order valence-electron chi connectivity index (χ4n) is 1.02. The number of alkyl halides is 1. The average Bonchev–Trinajstić information content (AvgIpc) is 2.09. The number of halogens is 2. The number of nitrogens with zero attached hydrogens (tertiary/aromatic N) is 1. The van der Waals surface area contributed by atoms with Crippen molar-refractivity contribution in [2.75, 3.05) is 6.67 Å². The summed E-state index contributed by atoms with van der Waals surface area (Å²) in [5.41, 5.74) is 1.01. The third-order valence-corrected chi connectivity index (χ3v) is 2.01. The van der Waals surface area contributed by atoms with E-state index in [1.54, 1.807) is 6.20 Å². The molecule has 1 aromatic rings. The van der Waals surface area contributed by atoms with E-state index in [1.807, 2.05) is 12.1 Å². The second kappa shape index (κ2) is 5.09. The number of aryl methyl sites for hydroxylation is 1. The molecule has 3 heteroatoms. The Balaban J connectivity index is 2.46. The molecule has 1 heterocycles. The van der Waals surface area contributed by atoms with E-state index in [4.69, 9.17) is 11.6 Å². The topological polar surface area (TPSA) is 12.9 Å². The third kappa shape index (κ3) is 2.78. The molecule has 0 saturated carbocycles. The van der Waals surface area contributed by atoms with Crippen molar-refractivity contribution in [1.82, 2.24) is 4.98 Å². The van der Waals surface area contributed by atoms with Crippen LogP contribution in [0.5, 0.6) is 0 Å². The van der Waals surface area contributed by atoms with Crippen LogP contribution in [-0.2, 0) is 6.42 Å². The largest absolute Gasteiger partial charge is 0.251 e. The standard InChI is InChI=1S/C9H11ClFN/c10-9-8(4-1-2-6-11)5-3-7-12-9/h3,5,7H,1-2,4,6H2. The van der Waals surface area contributed by atoms with E-state index in [0.29, 0.717) is 11.6 Å². The van der Waals surface area contributed by atoms with Gasteiger partial charge in [0.2, 0.25) is 0 Å². The van der Waals surface area contributed by atoms with E-state index in [2.05, 4.69) is 4.98 Å². The summed E-state index contributed by atoms with van der Waals surface area (Å²) in [6.45, 7) is -0.252. The van der Waals surface area contributed by atoms with Crippen LogP contribution in [0.4, 0.5) is 4.39 Å². The monoisotopic (exact) mass is 187 g/mol. The second-order valence-electron chi connectivity index (χ2n) is 2.60. The average molecular weight is 188 g/mol. The summed E-state index contributed by atoms with van der Waals surface area (Å²) in [4.78, 5) is 3.93. The second-order valence-corrected chi connectivity index (χ2v) is 2.96. The Morgan fingerprint density at radius 2 is 2.25 bits per heavy atom. The molecule has 1 aromatic heterocycles. The quantitative estimate of drug-likeness (QED) is 0.522. The zero-order valence-corrected chi connectivity index (χ0v) is 7.52. The highest BCUT2D eigenvalue weighted by molar-refractivity contribution is 6.30. The van der Waals surface area contributed by atoms with Gasteiger partial charge in [0.25, 0.3) is 0 Å². The molecule has 0 aliphatic rings. The lowest BCUT2D eigenvalue weighted by molar-refractivity contribution is 0.462. The molecule has 1 rings (SSSR count). The Morgan fingerprint density at radius 1 is 1.42 bits per heavy atom. The minimum atomic E-state index is -0.252. The molecule has 0 fully saturated rings. The summed E-state index contributed by atoms with van der Waals surface area (Å²) in [7, 11) is 0. The maximum Gasteiger partial charge on any atom is 0.132 e. The van der Waals surface area contributed by atoms with Crippen molar-refractivity contribution in [2.24, 2.45) is 0 Å². The molecule has 66 valence electrons. The van der Waals surface area contributed by atoms with Gasteiger partial charge in [0.1, 0.15) is 5.15 Å². The molecule has 1 nitrogen and oxygen atoms in total. The summed E-state index contributed by atoms with van der Waals surface area (Å²) in [5.74, 6) is 0. The maximum absolute atomic E-state index is 11.7. The molecule has 0 aromatic carbocycles. The summed E-state index contributed by atoms with van der Waals surface area (Å²) in [5, 5.41) is 0.538. The minimum absolute atomic E-state index is 0.252. The van der Waals surface area contributed by atoms with Crippen LogP contribution in [0.1, 0.15) is 18.4 Å². The van der Waals surface area contributed by atoms with Gasteiger partial charge in [0.15, 0.2) is 0 Å². The van der Waals surface area contributed by atoms with Crippen molar-refractivity contribution in [3.63, 3.8) is 0 Å². The highest BCUT2D eigenvalue weighted by Crippen LogP contribution is 2.13. The van der Waals surface area contributed by atoms with Gasteiger partial charge in [-0.25, -0.2) is 4.98 Å². The molecule has 12 heavy (non-hydrogen) atoms. The Hall–Kier alpha value is -0.630. The highest BCUT2D eigenvalue weighted by atomic mass is 35.5. The van der Waals surface area contributed by atoms with Crippen molar-refractivity contribution in [3.8, 4) is 0 Å². The first kappa shape index (κ1) is 9.46. The first-order chi connectivity index (χ1) is 5.84. The lowest BCUT2D eigenvalue weighted by Gasteiger charge is -2.00. The molecule has 0 radical (unpaired) electrons. The van der Waals surface area contributed by atoms with Gasteiger partial charge in [-0.2, -0.15) is 0 Å². The van der Waals surface area contributed by atoms with Crippen molar-refractivity contribution in [1.29, 1.82) is 0 Å². The van der Waals surface area contributed by atoms with Crippen LogP contribution in [0, 0.1) is 0 Å². The first-order valence-corrected chi connectivity index (χ1v) is 4.37. The van der Waals surface area contributed by atoms with E-state index < -0.39 is 0 Å². The van der Waals surface area contributed by atoms with Crippen molar-refractivity contribution >= 4 is 11.6 Å². The molecule has 0 amide bonds. The van der Waals surface area contributed by atoms with Crippen LogP contribution in [0.15, 0.2) is 18.3 Å². The first-order valence-electron chi connectivity index (χ1n) is 4.00. The van der Waals surface area contributed by atoms with Crippen LogP contribution < -0.4 is 0 Å². The Bertz CT molecular complexity index is 240. The molecule has 0 unspecified atom stereocenters. The lowest BCUT2D eigenvalue weighted by Crippen LogP contribution is -1.89. The third-order valence-electron chi connectivity index (χ3n) is 1.67. The molecule has 0 N–H and O–H groups in total. The maximum atomic E-state index is 11.7. The summed E-state index contributed by atoms with van der Waals surface area (Å²) < 4.78 is 11.7. The van der Waals surface area contributed by atoms with Crippen molar-refractivity contribution in [2.45, 2.75) is 19.3 Å². The van der Waals surface area contributed by atoms with E-state index in [0.717, 1.165) is 18.4 Å². The summed E-state index contributed by atoms with van der Waals surface area (Å²) in [6.07, 6.45) is 3.91. The van der Waals surface area contributed by atoms with Gasteiger partial charge < -0.3 is 0 Å². The van der Waals surface area contributed by atoms with E-state index >= 15 is 0 Å². The fourth-order valence-corrected chi connectivity index (χ4v) is 1.23. The molecule has 0 spiro atoms. The zero-order chi connectivity index (χ0) is 8.81. The Labute approximate surface area is 76.6 Å². The van der Waals surface area contributed by atoms with Crippen molar-refractivity contribution in [3.05, 3.63) is 29.0 Å². The van der Waals surface area contributed by atoms with Gasteiger partial charge in [-0.15, -0.1) is 0 Å². The van der Waals surface area contributed by atoms with Gasteiger partial charge in [0.05, 0.1) is 6.67 Å². The van der Waals surface area contributed by atoms with Crippen LogP contribution in [-0.4, -0.2) is 11.7 Å². The van der Waals surface area contributed by atoms with Crippen LogP contribution >= 0.6 is 11.6 Å². The fraction of sp³-hybridized carbons (Fsp3) is 0.444. The zero-order valence-electron chi connectivity index (χ0n) is 6.76. The summed E-state index contributed by atoms with van der Waals surface area (Å²) >= 11 is 5.80. The number of aromatic nitrogens is 1. The number of hydrogen-bond donors (Lipinski definition) is 0. The predicted molar refractivity (Wildman–Crippen MR) is 48.2 cm³/mol. The molecule has 0 atom stereocenters. The number of unbranched alkanes of at least 4 members (excludes halogenated alkanes) is 1. The summed E-state index contributed by atoms with van der Waals surface area (Å²) in [6, 6.07) is 3.77. The SMILES string of the molecule is FCCCCc1cccnc1Cl. The van der Waals surface area contributed by atoms with Crippen LogP contribution in [0.2, 0.25) is 5.15 Å². The normalized spacial score (nSPS) is 10.2. The van der Waals surface area contributed by atoms with Gasteiger partial charge in [-0.3, -0.25) is 4.39 Å². The Kier molecular flexibility index (Phi) is 4.01. The minimum Gasteiger partial charge on any atom is -0.251 e. The molecular weight excluding hydrogens is 177 g/mol. The van der Waals surface area contributed by atoms with Gasteiger partial charge >= 0.3 is 0 Å². The number of rotatable bonds is 4. The molecule has 0 saturated heterocycles.